The van der Waals surface area contributed by atoms with E-state index in [4.69, 9.17) is 14.0 Å². The number of anilines is 1. The number of pyridine rings is 1. The molecule has 3 aromatic rings. The maximum absolute atomic E-state index is 12.4. The van der Waals surface area contributed by atoms with Crippen LogP contribution < -0.4 is 14.8 Å². The zero-order valence-electron chi connectivity index (χ0n) is 18.7. The molecular weight excluding hydrogens is 394 g/mol. The highest BCUT2D eigenvalue weighted by molar-refractivity contribution is 6.02. The van der Waals surface area contributed by atoms with Crippen molar-refractivity contribution in [1.82, 2.24) is 10.1 Å². The van der Waals surface area contributed by atoms with Crippen molar-refractivity contribution in [2.75, 3.05) is 12.4 Å². The Labute approximate surface area is 182 Å². The average molecular weight is 421 g/mol. The second-order valence-corrected chi connectivity index (χ2v) is 7.37. The Morgan fingerprint density at radius 1 is 1.10 bits per heavy atom. The molecule has 7 heteroatoms. The van der Waals surface area contributed by atoms with Crippen LogP contribution in [0.3, 0.4) is 0 Å². The van der Waals surface area contributed by atoms with Crippen LogP contribution in [-0.2, 0) is 11.4 Å². The van der Waals surface area contributed by atoms with Gasteiger partial charge < -0.3 is 19.3 Å². The molecule has 0 unspecified atom stereocenters. The third kappa shape index (κ3) is 5.31. The van der Waals surface area contributed by atoms with Crippen LogP contribution in [0.2, 0.25) is 0 Å². The van der Waals surface area contributed by atoms with Crippen LogP contribution in [0.25, 0.3) is 6.08 Å². The fourth-order valence-electron chi connectivity index (χ4n) is 3.31. The predicted octanol–water partition coefficient (Wildman–Crippen LogP) is 4.85. The number of methoxy groups -OCH3 is 1. The number of carbonyl (C=O) groups is 1. The Morgan fingerprint density at radius 2 is 1.87 bits per heavy atom. The molecule has 0 atom stereocenters. The fraction of sp³-hybridized carbons (Fsp3) is 0.292. The third-order valence-electron chi connectivity index (χ3n) is 4.94. The standard InChI is InChI=1S/C24H27N3O4/c1-14-11-15(2)25-17(4)24(14)26-23(28)10-8-19-7-9-21(22(12-19)29-6)30-13-20-16(3)27-31-18(20)5/h7-12H,13H2,1-6H3,(H,26,28)/b10-8+. The summed E-state index contributed by atoms with van der Waals surface area (Å²) in [6, 6.07) is 7.43. The Balaban J connectivity index is 1.69. The van der Waals surface area contributed by atoms with Crippen LogP contribution >= 0.6 is 0 Å². The van der Waals surface area contributed by atoms with Crippen LogP contribution in [0.4, 0.5) is 5.69 Å². The topological polar surface area (TPSA) is 86.5 Å². The number of nitrogens with zero attached hydrogens (tertiary/aromatic N) is 2. The van der Waals surface area contributed by atoms with Gasteiger partial charge in [-0.1, -0.05) is 11.2 Å². The number of carbonyl (C=O) groups excluding carboxylic acids is 1. The van der Waals surface area contributed by atoms with Crippen molar-refractivity contribution in [2.24, 2.45) is 0 Å². The first-order chi connectivity index (χ1) is 14.8. The number of ether oxygens (including phenoxy) is 2. The predicted molar refractivity (Wildman–Crippen MR) is 119 cm³/mol. The number of hydrogen-bond donors (Lipinski definition) is 1. The van der Waals surface area contributed by atoms with Crippen molar-refractivity contribution in [3.8, 4) is 11.5 Å². The van der Waals surface area contributed by atoms with Crippen LogP contribution in [0.1, 0.15) is 39.5 Å². The van der Waals surface area contributed by atoms with Gasteiger partial charge >= 0.3 is 0 Å². The summed E-state index contributed by atoms with van der Waals surface area (Å²) in [4.78, 5) is 16.8. The molecule has 0 aliphatic heterocycles. The summed E-state index contributed by atoms with van der Waals surface area (Å²) < 4.78 is 16.5. The summed E-state index contributed by atoms with van der Waals surface area (Å²) in [5, 5.41) is 6.84. The smallest absolute Gasteiger partial charge is 0.248 e. The Hall–Kier alpha value is -3.61. The maximum Gasteiger partial charge on any atom is 0.248 e. The number of benzene rings is 1. The number of rotatable bonds is 7. The molecule has 7 nitrogen and oxygen atoms in total. The lowest BCUT2D eigenvalue weighted by molar-refractivity contribution is -0.111. The summed E-state index contributed by atoms with van der Waals surface area (Å²) in [6.07, 6.45) is 3.21. The van der Waals surface area contributed by atoms with Gasteiger partial charge in [-0.25, -0.2) is 0 Å². The van der Waals surface area contributed by atoms with E-state index >= 15 is 0 Å². The minimum atomic E-state index is -0.227. The lowest BCUT2D eigenvalue weighted by Crippen LogP contribution is -2.11. The summed E-state index contributed by atoms with van der Waals surface area (Å²) in [6.45, 7) is 9.82. The average Bonchev–Trinajstić information content (AvgIpc) is 3.05. The molecule has 1 amide bonds. The third-order valence-corrected chi connectivity index (χ3v) is 4.94. The van der Waals surface area contributed by atoms with Gasteiger partial charge in [-0.05, 0) is 70.0 Å². The number of nitrogens with one attached hydrogen (secondary N) is 1. The van der Waals surface area contributed by atoms with E-state index in [1.54, 1.807) is 13.2 Å². The molecule has 0 saturated carbocycles. The first-order valence-corrected chi connectivity index (χ1v) is 9.95. The molecule has 0 spiro atoms. The van der Waals surface area contributed by atoms with Gasteiger partial charge in [0.25, 0.3) is 0 Å². The second-order valence-electron chi connectivity index (χ2n) is 7.37. The van der Waals surface area contributed by atoms with Crippen LogP contribution in [-0.4, -0.2) is 23.2 Å². The SMILES string of the molecule is COc1cc(/C=C/C(=O)Nc2c(C)cc(C)nc2C)ccc1OCc1c(C)noc1C. The van der Waals surface area contributed by atoms with Crippen molar-refractivity contribution in [3.05, 3.63) is 69.9 Å². The van der Waals surface area contributed by atoms with Gasteiger partial charge in [-0.2, -0.15) is 0 Å². The van der Waals surface area contributed by atoms with Crippen LogP contribution in [0, 0.1) is 34.6 Å². The molecule has 3 rings (SSSR count). The Morgan fingerprint density at radius 3 is 2.52 bits per heavy atom. The van der Waals surface area contributed by atoms with E-state index in [0.717, 1.165) is 45.2 Å². The molecule has 0 radical (unpaired) electrons. The van der Waals surface area contributed by atoms with Gasteiger partial charge in [0.15, 0.2) is 11.5 Å². The summed E-state index contributed by atoms with van der Waals surface area (Å²) in [5.41, 5.74) is 5.96. The maximum atomic E-state index is 12.4. The minimum Gasteiger partial charge on any atom is -0.493 e. The first-order valence-electron chi connectivity index (χ1n) is 9.95. The fourth-order valence-corrected chi connectivity index (χ4v) is 3.31. The van der Waals surface area contributed by atoms with Crippen LogP contribution in [0.5, 0.6) is 11.5 Å². The van der Waals surface area contributed by atoms with Crippen molar-refractivity contribution in [2.45, 2.75) is 41.2 Å². The largest absolute Gasteiger partial charge is 0.493 e. The number of aryl methyl sites for hydroxylation is 5. The molecule has 31 heavy (non-hydrogen) atoms. The monoisotopic (exact) mass is 421 g/mol. The Kier molecular flexibility index (Phi) is 6.74. The number of hydrogen-bond acceptors (Lipinski definition) is 6. The zero-order valence-corrected chi connectivity index (χ0v) is 18.7. The van der Waals surface area contributed by atoms with E-state index in [9.17, 15) is 4.79 Å². The number of aromatic nitrogens is 2. The highest BCUT2D eigenvalue weighted by Crippen LogP contribution is 2.30. The quantitative estimate of drug-likeness (QED) is 0.549. The molecule has 0 saturated heterocycles. The molecule has 1 aromatic carbocycles. The van der Waals surface area contributed by atoms with Crippen LogP contribution in [0.15, 0.2) is 34.9 Å². The van der Waals surface area contributed by atoms with E-state index in [1.165, 1.54) is 6.08 Å². The highest BCUT2D eigenvalue weighted by Gasteiger charge is 2.12. The molecular formula is C24H27N3O4. The van der Waals surface area contributed by atoms with Crippen molar-refractivity contribution >= 4 is 17.7 Å². The van der Waals surface area contributed by atoms with Gasteiger partial charge in [0.05, 0.1) is 29.7 Å². The van der Waals surface area contributed by atoms with E-state index < -0.39 is 0 Å². The summed E-state index contributed by atoms with van der Waals surface area (Å²) >= 11 is 0. The van der Waals surface area contributed by atoms with E-state index in [2.05, 4.69) is 15.5 Å². The van der Waals surface area contributed by atoms with Crippen molar-refractivity contribution in [3.63, 3.8) is 0 Å². The molecule has 162 valence electrons. The Bertz CT molecular complexity index is 1090. The minimum absolute atomic E-state index is 0.227. The van der Waals surface area contributed by atoms with Crippen molar-refractivity contribution < 1.29 is 18.8 Å². The van der Waals surface area contributed by atoms with Gasteiger partial charge in [0, 0.05) is 11.8 Å². The summed E-state index contributed by atoms with van der Waals surface area (Å²) in [5.74, 6) is 1.68. The molecule has 2 aromatic heterocycles. The molecule has 1 N–H and O–H groups in total. The summed E-state index contributed by atoms with van der Waals surface area (Å²) in [7, 11) is 1.58. The van der Waals surface area contributed by atoms with E-state index in [-0.39, 0.29) is 5.91 Å². The molecule has 0 aliphatic carbocycles. The van der Waals surface area contributed by atoms with Gasteiger partial charge in [-0.3, -0.25) is 9.78 Å². The second kappa shape index (κ2) is 9.47. The van der Waals surface area contributed by atoms with E-state index in [1.807, 2.05) is 58.9 Å². The first kappa shape index (κ1) is 22.1. The number of amides is 1. The van der Waals surface area contributed by atoms with Gasteiger partial charge in [0.2, 0.25) is 5.91 Å². The van der Waals surface area contributed by atoms with E-state index in [0.29, 0.717) is 18.1 Å². The molecule has 0 fully saturated rings. The lowest BCUT2D eigenvalue weighted by atomic mass is 10.1. The highest BCUT2D eigenvalue weighted by atomic mass is 16.5. The molecule has 0 bridgehead atoms. The zero-order chi connectivity index (χ0) is 22.5. The normalized spacial score (nSPS) is 11.0. The van der Waals surface area contributed by atoms with Crippen molar-refractivity contribution in [1.29, 1.82) is 0 Å². The molecule has 0 aliphatic rings. The van der Waals surface area contributed by atoms with Gasteiger partial charge in [-0.15, -0.1) is 0 Å². The molecule has 2 heterocycles. The van der Waals surface area contributed by atoms with Gasteiger partial charge in [0.1, 0.15) is 12.4 Å². The lowest BCUT2D eigenvalue weighted by Gasteiger charge is -2.11.